The fourth-order valence-electron chi connectivity index (χ4n) is 3.34. The highest BCUT2D eigenvalue weighted by Gasteiger charge is 2.43. The van der Waals surface area contributed by atoms with E-state index in [1.807, 2.05) is 18.2 Å². The van der Waals surface area contributed by atoms with Gasteiger partial charge in [0, 0.05) is 37.2 Å². The van der Waals surface area contributed by atoms with Crippen molar-refractivity contribution in [2.75, 3.05) is 31.6 Å². The lowest BCUT2D eigenvalue weighted by atomic mass is 9.93. The second kappa shape index (κ2) is 4.56. The lowest BCUT2D eigenvalue weighted by Crippen LogP contribution is -2.52. The summed E-state index contributed by atoms with van der Waals surface area (Å²) >= 11 is 0. The quantitative estimate of drug-likeness (QED) is 0.831. The molecule has 2 atom stereocenters. The molecule has 0 aliphatic carbocycles. The predicted octanol–water partition coefficient (Wildman–Crippen LogP) is 1.89. The SMILES string of the molecule is CN1C[C@H]2CN(c3ccc(-c4ccccc4)nn3)C[C@H]21. The highest BCUT2D eigenvalue weighted by Crippen LogP contribution is 2.32. The molecule has 0 amide bonds. The van der Waals surface area contributed by atoms with E-state index in [4.69, 9.17) is 0 Å². The van der Waals surface area contributed by atoms with Crippen LogP contribution in [0.3, 0.4) is 0 Å². The van der Waals surface area contributed by atoms with Gasteiger partial charge in [0.05, 0.1) is 5.69 Å². The van der Waals surface area contributed by atoms with E-state index in [0.717, 1.165) is 36.1 Å². The smallest absolute Gasteiger partial charge is 0.151 e. The van der Waals surface area contributed by atoms with Gasteiger partial charge in [-0.05, 0) is 19.2 Å². The largest absolute Gasteiger partial charge is 0.353 e. The van der Waals surface area contributed by atoms with Gasteiger partial charge in [0.15, 0.2) is 5.82 Å². The molecule has 2 saturated heterocycles. The van der Waals surface area contributed by atoms with Gasteiger partial charge < -0.3 is 9.80 Å². The summed E-state index contributed by atoms with van der Waals surface area (Å²) in [5.41, 5.74) is 2.06. The minimum absolute atomic E-state index is 0.714. The van der Waals surface area contributed by atoms with Crippen molar-refractivity contribution in [1.82, 2.24) is 15.1 Å². The van der Waals surface area contributed by atoms with Crippen LogP contribution in [0.1, 0.15) is 0 Å². The van der Waals surface area contributed by atoms with Crippen molar-refractivity contribution in [3.05, 3.63) is 42.5 Å². The lowest BCUT2D eigenvalue weighted by molar-refractivity contribution is 0.0827. The molecule has 1 aromatic heterocycles. The Balaban J connectivity index is 1.54. The molecule has 0 radical (unpaired) electrons. The fraction of sp³-hybridized carbons (Fsp3) is 0.375. The second-order valence-corrected chi connectivity index (χ2v) is 5.81. The van der Waals surface area contributed by atoms with Crippen molar-refractivity contribution in [3.63, 3.8) is 0 Å². The molecular weight excluding hydrogens is 248 g/mol. The zero-order valence-electron chi connectivity index (χ0n) is 11.6. The Hall–Kier alpha value is -1.94. The summed E-state index contributed by atoms with van der Waals surface area (Å²) in [6, 6.07) is 15.1. The van der Waals surface area contributed by atoms with E-state index < -0.39 is 0 Å². The molecule has 2 aliphatic rings. The molecule has 4 nitrogen and oxygen atoms in total. The molecule has 0 unspecified atom stereocenters. The van der Waals surface area contributed by atoms with E-state index >= 15 is 0 Å². The molecule has 102 valence electrons. The van der Waals surface area contributed by atoms with Crippen LogP contribution in [-0.2, 0) is 0 Å². The van der Waals surface area contributed by atoms with E-state index in [-0.39, 0.29) is 0 Å². The molecule has 0 N–H and O–H groups in total. The summed E-state index contributed by atoms with van der Waals surface area (Å²) < 4.78 is 0. The Morgan fingerprint density at radius 1 is 0.950 bits per heavy atom. The molecule has 0 bridgehead atoms. The van der Waals surface area contributed by atoms with Crippen molar-refractivity contribution >= 4 is 5.82 Å². The molecule has 1 aromatic carbocycles. The number of fused-ring (bicyclic) bond motifs is 1. The number of hydrogen-bond acceptors (Lipinski definition) is 4. The molecule has 2 aliphatic heterocycles. The summed E-state index contributed by atoms with van der Waals surface area (Å²) in [4.78, 5) is 4.79. The number of anilines is 1. The second-order valence-electron chi connectivity index (χ2n) is 5.81. The number of hydrogen-bond donors (Lipinski definition) is 0. The molecule has 2 fully saturated rings. The predicted molar refractivity (Wildman–Crippen MR) is 79.6 cm³/mol. The van der Waals surface area contributed by atoms with E-state index in [0.29, 0.717) is 6.04 Å². The first-order valence-corrected chi connectivity index (χ1v) is 7.15. The van der Waals surface area contributed by atoms with Crippen LogP contribution >= 0.6 is 0 Å². The van der Waals surface area contributed by atoms with Gasteiger partial charge >= 0.3 is 0 Å². The average molecular weight is 266 g/mol. The molecule has 2 aromatic rings. The average Bonchev–Trinajstić information content (AvgIpc) is 2.86. The maximum absolute atomic E-state index is 4.42. The van der Waals surface area contributed by atoms with Crippen molar-refractivity contribution in [2.24, 2.45) is 5.92 Å². The minimum atomic E-state index is 0.714. The summed E-state index contributed by atoms with van der Waals surface area (Å²) in [6.07, 6.45) is 0. The zero-order chi connectivity index (χ0) is 13.5. The summed E-state index contributed by atoms with van der Waals surface area (Å²) in [5.74, 6) is 1.82. The number of benzene rings is 1. The molecule has 4 rings (SSSR count). The van der Waals surface area contributed by atoms with E-state index in [9.17, 15) is 0 Å². The first-order valence-electron chi connectivity index (χ1n) is 7.15. The van der Waals surface area contributed by atoms with Gasteiger partial charge in [-0.25, -0.2) is 0 Å². The number of likely N-dealkylation sites (N-methyl/N-ethyl adjacent to an activating group) is 1. The number of aromatic nitrogens is 2. The zero-order valence-corrected chi connectivity index (χ0v) is 11.6. The van der Waals surface area contributed by atoms with Crippen molar-refractivity contribution < 1.29 is 0 Å². The van der Waals surface area contributed by atoms with Crippen molar-refractivity contribution in [3.8, 4) is 11.3 Å². The molecule has 20 heavy (non-hydrogen) atoms. The standard InChI is InChI=1S/C16H18N4/c1-19-9-13-10-20(11-15(13)19)16-8-7-14(17-18-16)12-5-3-2-4-6-12/h2-8,13,15H,9-11H2,1H3/t13-,15+/m0/s1. The van der Waals surface area contributed by atoms with Crippen LogP contribution in [0.5, 0.6) is 0 Å². The Labute approximate surface area is 119 Å². The van der Waals surface area contributed by atoms with Crippen LogP contribution in [0.4, 0.5) is 5.82 Å². The number of nitrogens with zero attached hydrogens (tertiary/aromatic N) is 4. The summed E-state index contributed by atoms with van der Waals surface area (Å²) in [6.45, 7) is 3.42. The van der Waals surface area contributed by atoms with Gasteiger partial charge in [0.1, 0.15) is 0 Å². The van der Waals surface area contributed by atoms with Gasteiger partial charge in [-0.3, -0.25) is 0 Å². The van der Waals surface area contributed by atoms with Crippen LogP contribution in [0.15, 0.2) is 42.5 Å². The summed E-state index contributed by atoms with van der Waals surface area (Å²) in [5, 5.41) is 8.79. The molecular formula is C16H18N4. The van der Waals surface area contributed by atoms with Gasteiger partial charge in [-0.15, -0.1) is 10.2 Å². The van der Waals surface area contributed by atoms with E-state index in [1.165, 1.54) is 6.54 Å². The summed E-state index contributed by atoms with van der Waals surface area (Å²) in [7, 11) is 2.20. The van der Waals surface area contributed by atoms with Gasteiger partial charge in [0.25, 0.3) is 0 Å². The van der Waals surface area contributed by atoms with Crippen LogP contribution in [0.25, 0.3) is 11.3 Å². The van der Waals surface area contributed by atoms with Crippen LogP contribution < -0.4 is 4.90 Å². The Kier molecular flexibility index (Phi) is 2.70. The number of rotatable bonds is 2. The molecule has 0 spiro atoms. The van der Waals surface area contributed by atoms with Crippen molar-refractivity contribution in [1.29, 1.82) is 0 Å². The maximum atomic E-state index is 4.42. The molecule has 0 saturated carbocycles. The number of likely N-dealkylation sites (tertiary alicyclic amines) is 1. The van der Waals surface area contributed by atoms with Gasteiger partial charge in [-0.2, -0.15) is 0 Å². The minimum Gasteiger partial charge on any atom is -0.353 e. The Morgan fingerprint density at radius 2 is 1.80 bits per heavy atom. The maximum Gasteiger partial charge on any atom is 0.151 e. The van der Waals surface area contributed by atoms with E-state index in [1.54, 1.807) is 0 Å². The first kappa shape index (κ1) is 11.9. The lowest BCUT2D eigenvalue weighted by Gasteiger charge is -2.40. The third kappa shape index (κ3) is 1.88. The van der Waals surface area contributed by atoms with Crippen LogP contribution in [0.2, 0.25) is 0 Å². The topological polar surface area (TPSA) is 32.3 Å². The van der Waals surface area contributed by atoms with Gasteiger partial charge in [-0.1, -0.05) is 30.3 Å². The molecule has 4 heteroatoms. The monoisotopic (exact) mass is 266 g/mol. The Morgan fingerprint density at radius 3 is 2.45 bits per heavy atom. The highest BCUT2D eigenvalue weighted by molar-refractivity contribution is 5.59. The first-order chi connectivity index (χ1) is 9.81. The molecule has 3 heterocycles. The third-order valence-corrected chi connectivity index (χ3v) is 4.54. The fourth-order valence-corrected chi connectivity index (χ4v) is 3.34. The van der Waals surface area contributed by atoms with E-state index in [2.05, 4.69) is 51.3 Å². The highest BCUT2D eigenvalue weighted by atomic mass is 15.3. The van der Waals surface area contributed by atoms with Gasteiger partial charge in [0.2, 0.25) is 0 Å². The third-order valence-electron chi connectivity index (χ3n) is 4.54. The van der Waals surface area contributed by atoms with Crippen LogP contribution in [0, 0.1) is 5.92 Å². The van der Waals surface area contributed by atoms with Crippen molar-refractivity contribution in [2.45, 2.75) is 6.04 Å². The van der Waals surface area contributed by atoms with Crippen LogP contribution in [-0.4, -0.2) is 47.8 Å². The normalized spacial score (nSPS) is 25.4. The Bertz CT molecular complexity index is 596.